The van der Waals surface area contributed by atoms with Gasteiger partial charge in [0, 0.05) is 0 Å². The van der Waals surface area contributed by atoms with E-state index >= 15 is 0 Å². The van der Waals surface area contributed by atoms with Gasteiger partial charge in [-0.1, -0.05) is 78.1 Å². The van der Waals surface area contributed by atoms with Crippen LogP contribution in [0.3, 0.4) is 0 Å². The monoisotopic (exact) mass is 328 g/mol. The van der Waals surface area contributed by atoms with Crippen molar-refractivity contribution in [3.8, 4) is 0 Å². The molecule has 0 aromatic rings. The Balaban J connectivity index is 3.74. The Morgan fingerprint density at radius 2 is 1.43 bits per heavy atom. The smallest absolute Gasteiger partial charge is 0.344 e. The molecular formula is C19H36O4. The fourth-order valence-electron chi connectivity index (χ4n) is 2.73. The normalized spacial score (nSPS) is 11.9. The van der Waals surface area contributed by atoms with Crippen molar-refractivity contribution in [2.75, 3.05) is 13.2 Å². The Hall–Kier alpha value is -1.06. The molecule has 4 heteroatoms. The van der Waals surface area contributed by atoms with Crippen molar-refractivity contribution in [2.45, 2.75) is 90.9 Å². The molecular weight excluding hydrogens is 292 g/mol. The second-order valence-electron chi connectivity index (χ2n) is 6.36. The van der Waals surface area contributed by atoms with Gasteiger partial charge in [0.05, 0.1) is 6.61 Å². The third-order valence-electron chi connectivity index (χ3n) is 4.18. The van der Waals surface area contributed by atoms with Crippen molar-refractivity contribution < 1.29 is 19.1 Å². The zero-order valence-corrected chi connectivity index (χ0v) is 15.2. The molecule has 23 heavy (non-hydrogen) atoms. The minimum Gasteiger partial charge on any atom is -0.463 e. The van der Waals surface area contributed by atoms with E-state index in [1.165, 1.54) is 57.8 Å². The van der Waals surface area contributed by atoms with Gasteiger partial charge in [-0.15, -0.1) is 0 Å². The maximum atomic E-state index is 11.4. The van der Waals surface area contributed by atoms with Gasteiger partial charge in [-0.25, -0.2) is 4.79 Å². The fraction of sp³-hybridized carbons (Fsp3) is 0.895. The zero-order chi connectivity index (χ0) is 17.2. The Bertz CT molecular complexity index is 279. The SMILES string of the molecule is CCCCCCCCCCC(CCCC)COC(=O)COC=O. The highest BCUT2D eigenvalue weighted by Crippen LogP contribution is 2.18. The molecule has 0 rings (SSSR count). The van der Waals surface area contributed by atoms with Crippen molar-refractivity contribution in [3.63, 3.8) is 0 Å². The van der Waals surface area contributed by atoms with Crippen molar-refractivity contribution in [1.29, 1.82) is 0 Å². The summed E-state index contributed by atoms with van der Waals surface area (Å²) in [6, 6.07) is 0. The number of hydrogen-bond donors (Lipinski definition) is 0. The quantitative estimate of drug-likeness (QED) is 0.213. The van der Waals surface area contributed by atoms with Crippen molar-refractivity contribution in [1.82, 2.24) is 0 Å². The van der Waals surface area contributed by atoms with Gasteiger partial charge in [-0.05, 0) is 18.8 Å². The van der Waals surface area contributed by atoms with E-state index < -0.39 is 5.97 Å². The summed E-state index contributed by atoms with van der Waals surface area (Å²) in [6.45, 7) is 4.88. The number of ether oxygens (including phenoxy) is 2. The topological polar surface area (TPSA) is 52.6 Å². The molecule has 0 radical (unpaired) electrons. The van der Waals surface area contributed by atoms with Crippen molar-refractivity contribution in [2.24, 2.45) is 5.92 Å². The first-order chi connectivity index (χ1) is 11.2. The highest BCUT2D eigenvalue weighted by molar-refractivity contribution is 5.71. The number of carbonyl (C=O) groups is 2. The molecule has 1 unspecified atom stereocenters. The summed E-state index contributed by atoms with van der Waals surface area (Å²) in [5, 5.41) is 0. The number of esters is 1. The van der Waals surface area contributed by atoms with Crippen LogP contribution in [0.1, 0.15) is 90.9 Å². The molecule has 0 saturated heterocycles. The minimum atomic E-state index is -0.450. The van der Waals surface area contributed by atoms with Crippen LogP contribution in [0.5, 0.6) is 0 Å². The molecule has 0 amide bonds. The standard InChI is InChI=1S/C19H36O4/c1-3-5-7-8-9-10-11-12-14-18(13-6-4-2)15-23-19(21)16-22-17-20/h17-18H,3-16H2,1-2H3. The molecule has 0 aromatic heterocycles. The largest absolute Gasteiger partial charge is 0.463 e. The number of hydrogen-bond acceptors (Lipinski definition) is 4. The van der Waals surface area contributed by atoms with Gasteiger partial charge in [0.1, 0.15) is 0 Å². The van der Waals surface area contributed by atoms with E-state index in [0.717, 1.165) is 19.3 Å². The molecule has 1 atom stereocenters. The van der Waals surface area contributed by atoms with Crippen LogP contribution in [0.2, 0.25) is 0 Å². The van der Waals surface area contributed by atoms with Crippen molar-refractivity contribution >= 4 is 12.4 Å². The van der Waals surface area contributed by atoms with Gasteiger partial charge in [0.25, 0.3) is 6.47 Å². The highest BCUT2D eigenvalue weighted by Gasteiger charge is 2.12. The lowest BCUT2D eigenvalue weighted by Gasteiger charge is -2.16. The zero-order valence-electron chi connectivity index (χ0n) is 15.2. The lowest BCUT2D eigenvalue weighted by atomic mass is 9.95. The molecule has 0 aromatic carbocycles. The van der Waals surface area contributed by atoms with Crippen LogP contribution in [0, 0.1) is 5.92 Å². The Labute approximate surface area is 142 Å². The van der Waals surface area contributed by atoms with Crippen LogP contribution in [-0.4, -0.2) is 25.7 Å². The summed E-state index contributed by atoms with van der Waals surface area (Å²) in [5.74, 6) is -0.00950. The maximum Gasteiger partial charge on any atom is 0.344 e. The van der Waals surface area contributed by atoms with Gasteiger partial charge in [0.2, 0.25) is 0 Å². The lowest BCUT2D eigenvalue weighted by Crippen LogP contribution is -2.18. The van der Waals surface area contributed by atoms with Gasteiger partial charge in [-0.2, -0.15) is 0 Å². The lowest BCUT2D eigenvalue weighted by molar-refractivity contribution is -0.154. The molecule has 0 aliphatic rings. The van der Waals surface area contributed by atoms with E-state index in [1.807, 2.05) is 0 Å². The average Bonchev–Trinajstić information content (AvgIpc) is 2.56. The second-order valence-corrected chi connectivity index (χ2v) is 6.36. The van der Waals surface area contributed by atoms with E-state index in [1.54, 1.807) is 0 Å². The van der Waals surface area contributed by atoms with Crippen LogP contribution in [0.15, 0.2) is 0 Å². The Morgan fingerprint density at radius 1 is 0.870 bits per heavy atom. The molecule has 136 valence electrons. The van der Waals surface area contributed by atoms with Gasteiger partial charge in [0.15, 0.2) is 6.61 Å². The summed E-state index contributed by atoms with van der Waals surface area (Å²) in [5.41, 5.74) is 0. The molecule has 0 N–H and O–H groups in total. The molecule has 0 heterocycles. The summed E-state index contributed by atoms with van der Waals surface area (Å²) in [6.07, 6.45) is 15.1. The maximum absolute atomic E-state index is 11.4. The highest BCUT2D eigenvalue weighted by atomic mass is 16.6. The molecule has 0 aliphatic heterocycles. The van der Waals surface area contributed by atoms with E-state index in [0.29, 0.717) is 12.5 Å². The van der Waals surface area contributed by atoms with Crippen LogP contribution < -0.4 is 0 Å². The molecule has 4 nitrogen and oxygen atoms in total. The van der Waals surface area contributed by atoms with E-state index in [4.69, 9.17) is 4.74 Å². The summed E-state index contributed by atoms with van der Waals surface area (Å²) >= 11 is 0. The van der Waals surface area contributed by atoms with Gasteiger partial charge >= 0.3 is 5.97 Å². The molecule has 0 aliphatic carbocycles. The number of rotatable bonds is 17. The van der Waals surface area contributed by atoms with E-state index in [9.17, 15) is 9.59 Å². The molecule has 0 fully saturated rings. The van der Waals surface area contributed by atoms with E-state index in [2.05, 4.69) is 18.6 Å². The molecule has 0 saturated carbocycles. The number of unbranched alkanes of at least 4 members (excludes halogenated alkanes) is 8. The van der Waals surface area contributed by atoms with Crippen LogP contribution in [0.4, 0.5) is 0 Å². The van der Waals surface area contributed by atoms with Gasteiger partial charge < -0.3 is 9.47 Å². The molecule has 0 spiro atoms. The summed E-state index contributed by atoms with van der Waals surface area (Å²) in [4.78, 5) is 21.4. The predicted octanol–water partition coefficient (Wildman–Crippen LogP) is 5.04. The minimum absolute atomic E-state index is 0.274. The summed E-state index contributed by atoms with van der Waals surface area (Å²) < 4.78 is 9.61. The van der Waals surface area contributed by atoms with Gasteiger partial charge in [-0.3, -0.25) is 4.79 Å². The average molecular weight is 328 g/mol. The summed E-state index contributed by atoms with van der Waals surface area (Å²) in [7, 11) is 0. The first kappa shape index (κ1) is 21.9. The second kappa shape index (κ2) is 17.3. The number of carbonyl (C=O) groups excluding carboxylic acids is 2. The predicted molar refractivity (Wildman–Crippen MR) is 93.2 cm³/mol. The van der Waals surface area contributed by atoms with Crippen LogP contribution >= 0.6 is 0 Å². The fourth-order valence-corrected chi connectivity index (χ4v) is 2.73. The van der Waals surface area contributed by atoms with E-state index in [-0.39, 0.29) is 13.1 Å². The first-order valence-corrected chi connectivity index (χ1v) is 9.45. The Kier molecular flexibility index (Phi) is 16.5. The van der Waals surface area contributed by atoms with Crippen molar-refractivity contribution in [3.05, 3.63) is 0 Å². The first-order valence-electron chi connectivity index (χ1n) is 9.45. The van der Waals surface area contributed by atoms with Crippen LogP contribution in [0.25, 0.3) is 0 Å². The third-order valence-corrected chi connectivity index (χ3v) is 4.18. The third kappa shape index (κ3) is 15.6. The Morgan fingerprint density at radius 3 is 2.04 bits per heavy atom. The molecule has 0 bridgehead atoms. The van der Waals surface area contributed by atoms with Crippen LogP contribution in [-0.2, 0) is 19.1 Å².